The second kappa shape index (κ2) is 6.31. The first-order valence-electron chi connectivity index (χ1n) is 8.46. The van der Waals surface area contributed by atoms with Gasteiger partial charge in [-0.25, -0.2) is 0 Å². The summed E-state index contributed by atoms with van der Waals surface area (Å²) in [5, 5.41) is 38.3. The fourth-order valence-electron chi connectivity index (χ4n) is 5.36. The van der Waals surface area contributed by atoms with Crippen molar-refractivity contribution in [3.63, 3.8) is 0 Å². The van der Waals surface area contributed by atoms with Crippen molar-refractivity contribution in [2.24, 2.45) is 34.5 Å². The molecular formula is C17H24O8. The van der Waals surface area contributed by atoms with Crippen LogP contribution in [0.15, 0.2) is 0 Å². The van der Waals surface area contributed by atoms with Gasteiger partial charge in [0.25, 0.3) is 0 Å². The number of rotatable bonds is 7. The van der Waals surface area contributed by atoms with E-state index in [0.717, 1.165) is 0 Å². The van der Waals surface area contributed by atoms with Gasteiger partial charge in [-0.1, -0.05) is 26.7 Å². The minimum absolute atomic E-state index is 0.124. The standard InChI is InChI=1S/C17H24O8/c1-3-4-5-17(15(24)25)11(14(22)23)10-6-8(12(18)19)9(13(20)21)7-16(10,17)2/h8-11H,3-7H2,1-2H3,(H,18,19)(H,20,21)(H,22,23)(H,24,25). The number of carboxylic acids is 4. The molecule has 0 amide bonds. The summed E-state index contributed by atoms with van der Waals surface area (Å²) in [6.07, 6.45) is 1.08. The van der Waals surface area contributed by atoms with Gasteiger partial charge in [0, 0.05) is 0 Å². The summed E-state index contributed by atoms with van der Waals surface area (Å²) in [5.41, 5.74) is -2.61. The lowest BCUT2D eigenvalue weighted by Crippen LogP contribution is -2.72. The third kappa shape index (κ3) is 2.49. The van der Waals surface area contributed by atoms with Crippen LogP contribution in [0, 0.1) is 34.5 Å². The van der Waals surface area contributed by atoms with E-state index in [1.807, 2.05) is 6.92 Å². The summed E-state index contributed by atoms with van der Waals surface area (Å²) in [4.78, 5) is 47.0. The van der Waals surface area contributed by atoms with E-state index in [1.165, 1.54) is 0 Å². The summed E-state index contributed by atoms with van der Waals surface area (Å²) in [6, 6.07) is 0. The van der Waals surface area contributed by atoms with E-state index >= 15 is 0 Å². The van der Waals surface area contributed by atoms with Gasteiger partial charge >= 0.3 is 23.9 Å². The van der Waals surface area contributed by atoms with Crippen LogP contribution >= 0.6 is 0 Å². The first-order valence-corrected chi connectivity index (χ1v) is 8.46. The molecule has 0 bridgehead atoms. The Balaban J connectivity index is 2.53. The van der Waals surface area contributed by atoms with Crippen LogP contribution in [0.1, 0.15) is 46.0 Å². The van der Waals surface area contributed by atoms with Crippen molar-refractivity contribution in [1.82, 2.24) is 0 Å². The number of aliphatic carboxylic acids is 4. The molecule has 2 saturated carbocycles. The Bertz CT molecular complexity index is 614. The zero-order chi connectivity index (χ0) is 19.2. The molecular weight excluding hydrogens is 332 g/mol. The Labute approximate surface area is 144 Å². The molecule has 0 aromatic rings. The Kier molecular flexibility index (Phi) is 4.85. The van der Waals surface area contributed by atoms with Crippen LogP contribution in [-0.4, -0.2) is 44.3 Å². The molecule has 25 heavy (non-hydrogen) atoms. The molecule has 6 atom stereocenters. The van der Waals surface area contributed by atoms with Gasteiger partial charge in [0.15, 0.2) is 0 Å². The molecule has 6 unspecified atom stereocenters. The zero-order valence-electron chi connectivity index (χ0n) is 14.3. The number of hydrogen-bond donors (Lipinski definition) is 4. The highest BCUT2D eigenvalue weighted by Crippen LogP contribution is 2.73. The molecule has 0 radical (unpaired) electrons. The maximum atomic E-state index is 12.1. The zero-order valence-corrected chi connectivity index (χ0v) is 14.3. The monoisotopic (exact) mass is 356 g/mol. The fraction of sp³-hybridized carbons (Fsp3) is 0.765. The maximum Gasteiger partial charge on any atom is 0.311 e. The Morgan fingerprint density at radius 1 is 0.960 bits per heavy atom. The molecule has 2 aliphatic rings. The second-order valence-corrected chi connectivity index (χ2v) is 7.55. The average Bonchev–Trinajstić information content (AvgIpc) is 2.49. The third-order valence-corrected chi connectivity index (χ3v) is 6.62. The number of unbranched alkanes of at least 4 members (excludes halogenated alkanes) is 1. The predicted octanol–water partition coefficient (Wildman–Crippen LogP) is 1.78. The molecule has 8 nitrogen and oxygen atoms in total. The summed E-state index contributed by atoms with van der Waals surface area (Å²) in [5.74, 6) is -9.30. The van der Waals surface area contributed by atoms with E-state index in [-0.39, 0.29) is 19.3 Å². The third-order valence-electron chi connectivity index (χ3n) is 6.62. The lowest BCUT2D eigenvalue weighted by atomic mass is 9.32. The lowest BCUT2D eigenvalue weighted by molar-refractivity contribution is -0.251. The fourth-order valence-corrected chi connectivity index (χ4v) is 5.36. The molecule has 0 aromatic carbocycles. The predicted molar refractivity (Wildman–Crippen MR) is 83.8 cm³/mol. The smallest absolute Gasteiger partial charge is 0.311 e. The van der Waals surface area contributed by atoms with Crippen molar-refractivity contribution in [3.05, 3.63) is 0 Å². The molecule has 2 rings (SSSR count). The van der Waals surface area contributed by atoms with Crippen molar-refractivity contribution >= 4 is 23.9 Å². The number of carbonyl (C=O) groups is 4. The van der Waals surface area contributed by atoms with E-state index in [4.69, 9.17) is 0 Å². The molecule has 8 heteroatoms. The van der Waals surface area contributed by atoms with E-state index in [9.17, 15) is 39.6 Å². The van der Waals surface area contributed by atoms with Crippen molar-refractivity contribution in [3.8, 4) is 0 Å². The Morgan fingerprint density at radius 2 is 1.52 bits per heavy atom. The SMILES string of the molecule is CCCCC1(C(=O)O)C(C(=O)O)C2CC(C(=O)O)C(C(=O)O)CC21C. The van der Waals surface area contributed by atoms with Gasteiger partial charge < -0.3 is 20.4 Å². The molecule has 0 heterocycles. The molecule has 140 valence electrons. The Morgan fingerprint density at radius 3 is 1.92 bits per heavy atom. The molecule has 0 aromatic heterocycles. The highest BCUT2D eigenvalue weighted by atomic mass is 16.4. The van der Waals surface area contributed by atoms with Gasteiger partial charge in [-0.2, -0.15) is 0 Å². The molecule has 4 N–H and O–H groups in total. The van der Waals surface area contributed by atoms with E-state index in [1.54, 1.807) is 6.92 Å². The van der Waals surface area contributed by atoms with Crippen LogP contribution in [0.25, 0.3) is 0 Å². The van der Waals surface area contributed by atoms with Crippen molar-refractivity contribution in [2.75, 3.05) is 0 Å². The molecule has 0 aliphatic heterocycles. The van der Waals surface area contributed by atoms with Crippen molar-refractivity contribution in [1.29, 1.82) is 0 Å². The van der Waals surface area contributed by atoms with E-state index in [0.29, 0.717) is 12.8 Å². The summed E-state index contributed by atoms with van der Waals surface area (Å²) in [7, 11) is 0. The number of hydrogen-bond acceptors (Lipinski definition) is 4. The van der Waals surface area contributed by atoms with Gasteiger partial charge in [0.2, 0.25) is 0 Å². The maximum absolute atomic E-state index is 12.1. The summed E-state index contributed by atoms with van der Waals surface area (Å²) in [6.45, 7) is 3.49. The van der Waals surface area contributed by atoms with Crippen LogP contribution in [0.4, 0.5) is 0 Å². The molecule has 0 saturated heterocycles. The lowest BCUT2D eigenvalue weighted by Gasteiger charge is -2.68. The normalized spacial score (nSPS) is 39.8. The van der Waals surface area contributed by atoms with Gasteiger partial charge in [0.1, 0.15) is 0 Å². The van der Waals surface area contributed by atoms with Crippen LogP contribution in [0.3, 0.4) is 0 Å². The highest BCUT2D eigenvalue weighted by molar-refractivity contribution is 5.89. The van der Waals surface area contributed by atoms with Crippen molar-refractivity contribution in [2.45, 2.75) is 46.0 Å². The summed E-state index contributed by atoms with van der Waals surface area (Å²) >= 11 is 0. The van der Waals surface area contributed by atoms with Crippen LogP contribution < -0.4 is 0 Å². The largest absolute Gasteiger partial charge is 0.481 e. The Hall–Kier alpha value is -2.12. The first kappa shape index (κ1) is 19.2. The number of fused-ring (bicyclic) bond motifs is 1. The van der Waals surface area contributed by atoms with Gasteiger partial charge in [-0.15, -0.1) is 0 Å². The second-order valence-electron chi connectivity index (χ2n) is 7.55. The van der Waals surface area contributed by atoms with Crippen LogP contribution in [-0.2, 0) is 19.2 Å². The topological polar surface area (TPSA) is 149 Å². The van der Waals surface area contributed by atoms with Crippen LogP contribution in [0.5, 0.6) is 0 Å². The highest BCUT2D eigenvalue weighted by Gasteiger charge is 2.77. The van der Waals surface area contributed by atoms with E-state index in [2.05, 4.69) is 0 Å². The average molecular weight is 356 g/mol. The van der Waals surface area contributed by atoms with E-state index < -0.39 is 58.4 Å². The molecule has 2 fully saturated rings. The minimum atomic E-state index is -1.56. The molecule has 0 spiro atoms. The van der Waals surface area contributed by atoms with Crippen molar-refractivity contribution < 1.29 is 39.6 Å². The quantitative estimate of drug-likeness (QED) is 0.539. The van der Waals surface area contributed by atoms with Gasteiger partial charge in [0.05, 0.1) is 23.2 Å². The van der Waals surface area contributed by atoms with Gasteiger partial charge in [-0.05, 0) is 30.6 Å². The van der Waals surface area contributed by atoms with Gasteiger partial charge in [-0.3, -0.25) is 19.2 Å². The first-order chi connectivity index (χ1) is 11.5. The minimum Gasteiger partial charge on any atom is -0.481 e. The summed E-state index contributed by atoms with van der Waals surface area (Å²) < 4.78 is 0. The number of carboxylic acid groups (broad SMARTS) is 4. The van der Waals surface area contributed by atoms with Crippen LogP contribution in [0.2, 0.25) is 0 Å². The molecule has 2 aliphatic carbocycles.